The maximum Gasteiger partial charge on any atom is 0.306 e. The summed E-state index contributed by atoms with van der Waals surface area (Å²) >= 11 is 0. The fourth-order valence-corrected chi connectivity index (χ4v) is 2.98. The van der Waals surface area contributed by atoms with Crippen molar-refractivity contribution in [3.63, 3.8) is 0 Å². The average Bonchev–Trinajstić information content (AvgIpc) is 2.53. The molecule has 0 aromatic carbocycles. The lowest BCUT2D eigenvalue weighted by molar-refractivity contribution is -0.873. The third-order valence-corrected chi connectivity index (χ3v) is 4.34. The maximum absolute atomic E-state index is 12.0. The number of carbonyl (C=O) groups is 2. The number of quaternary nitrogens is 1. The molecule has 0 fully saturated rings. The van der Waals surface area contributed by atoms with Crippen LogP contribution < -0.4 is 5.11 Å². The Kier molecular flexibility index (Phi) is 14.9. The largest absolute Gasteiger partial charge is 0.550 e. The minimum Gasteiger partial charge on any atom is -0.550 e. The van der Waals surface area contributed by atoms with E-state index >= 15 is 0 Å². The Labute approximate surface area is 166 Å². The van der Waals surface area contributed by atoms with Gasteiger partial charge in [0, 0.05) is 18.8 Å². The van der Waals surface area contributed by atoms with Crippen molar-refractivity contribution in [2.24, 2.45) is 0 Å². The van der Waals surface area contributed by atoms with E-state index in [1.165, 1.54) is 44.9 Å². The third kappa shape index (κ3) is 19.2. The van der Waals surface area contributed by atoms with Crippen molar-refractivity contribution in [2.45, 2.75) is 90.1 Å². The van der Waals surface area contributed by atoms with Crippen LogP contribution in [0.2, 0.25) is 0 Å². The molecule has 27 heavy (non-hydrogen) atoms. The molecule has 0 N–H and O–H groups in total. The highest BCUT2D eigenvalue weighted by Gasteiger charge is 2.22. The number of likely N-dealkylation sites (N-methyl/N-ethyl adjacent to an activating group) is 1. The minimum atomic E-state index is -1.18. The molecule has 5 nitrogen and oxygen atoms in total. The molecule has 0 saturated carbocycles. The highest BCUT2D eigenvalue weighted by molar-refractivity contribution is 5.70. The quantitative estimate of drug-likeness (QED) is 0.167. The zero-order valence-corrected chi connectivity index (χ0v) is 18.0. The minimum absolute atomic E-state index is 0.242. The Bertz CT molecular complexity index is 427. The molecule has 0 radical (unpaired) electrons. The Morgan fingerprint density at radius 3 is 2.04 bits per heavy atom. The maximum atomic E-state index is 12.0. The molecule has 0 aliphatic carbocycles. The van der Waals surface area contributed by atoms with Crippen LogP contribution in [-0.2, 0) is 14.3 Å². The molecule has 0 rings (SSSR count). The van der Waals surface area contributed by atoms with Crippen LogP contribution >= 0.6 is 0 Å². The van der Waals surface area contributed by atoms with Crippen LogP contribution in [0, 0.1) is 0 Å². The average molecular weight is 384 g/mol. The molecular weight excluding hydrogens is 342 g/mol. The van der Waals surface area contributed by atoms with Crippen LogP contribution in [0.25, 0.3) is 0 Å². The molecule has 1 unspecified atom stereocenters. The Hall–Kier alpha value is -1.36. The second-order valence-corrected chi connectivity index (χ2v) is 8.43. The van der Waals surface area contributed by atoms with Crippen molar-refractivity contribution in [1.29, 1.82) is 0 Å². The van der Waals surface area contributed by atoms with Gasteiger partial charge in [-0.2, -0.15) is 0 Å². The molecule has 158 valence electrons. The van der Waals surface area contributed by atoms with Crippen molar-refractivity contribution in [2.75, 3.05) is 27.7 Å². The van der Waals surface area contributed by atoms with Gasteiger partial charge in [0.2, 0.25) is 0 Å². The van der Waals surface area contributed by atoms with Crippen LogP contribution in [0.3, 0.4) is 0 Å². The van der Waals surface area contributed by atoms with Crippen molar-refractivity contribution in [3.8, 4) is 0 Å². The van der Waals surface area contributed by atoms with Gasteiger partial charge in [0.25, 0.3) is 0 Å². The first kappa shape index (κ1) is 25.6. The molecule has 0 amide bonds. The molecule has 0 saturated heterocycles. The van der Waals surface area contributed by atoms with Gasteiger partial charge in [-0.15, -0.1) is 0 Å². The number of unbranched alkanes of at least 4 members (excludes halogenated alkanes) is 8. The number of hydrogen-bond donors (Lipinski definition) is 0. The summed E-state index contributed by atoms with van der Waals surface area (Å²) in [6.07, 6.45) is 15.6. The lowest BCUT2D eigenvalue weighted by Gasteiger charge is -2.29. The highest BCUT2D eigenvalue weighted by Crippen LogP contribution is 2.11. The summed E-state index contributed by atoms with van der Waals surface area (Å²) in [6, 6.07) is 0. The van der Waals surface area contributed by atoms with E-state index < -0.39 is 12.1 Å². The van der Waals surface area contributed by atoms with Crippen molar-refractivity contribution < 1.29 is 23.9 Å². The number of carboxylic acids is 1. The van der Waals surface area contributed by atoms with E-state index in [-0.39, 0.29) is 12.4 Å². The predicted octanol–water partition coefficient (Wildman–Crippen LogP) is 3.61. The SMILES string of the molecule is CCCC/C=C/CCCCCCCCC(=O)OC(CC(=O)[O-])C[N+](C)(C)C. The van der Waals surface area contributed by atoms with Gasteiger partial charge in [-0.3, -0.25) is 4.79 Å². The molecule has 0 spiro atoms. The number of rotatable bonds is 17. The van der Waals surface area contributed by atoms with Crippen LogP contribution in [0.4, 0.5) is 0 Å². The fourth-order valence-electron chi connectivity index (χ4n) is 2.98. The summed E-state index contributed by atoms with van der Waals surface area (Å²) < 4.78 is 5.89. The Balaban J connectivity index is 3.74. The van der Waals surface area contributed by atoms with E-state index in [1.54, 1.807) is 0 Å². The van der Waals surface area contributed by atoms with Gasteiger partial charge in [-0.1, -0.05) is 57.6 Å². The van der Waals surface area contributed by atoms with E-state index in [4.69, 9.17) is 4.74 Å². The number of carboxylic acid groups (broad SMARTS) is 1. The van der Waals surface area contributed by atoms with Gasteiger partial charge in [0.05, 0.1) is 21.1 Å². The molecule has 0 aliphatic heterocycles. The Morgan fingerprint density at radius 2 is 1.48 bits per heavy atom. The number of esters is 1. The molecule has 0 aromatic rings. The molecule has 0 heterocycles. The van der Waals surface area contributed by atoms with Crippen LogP contribution in [0.15, 0.2) is 12.2 Å². The monoisotopic (exact) mass is 383 g/mol. The van der Waals surface area contributed by atoms with Crippen molar-refractivity contribution >= 4 is 11.9 Å². The van der Waals surface area contributed by atoms with Gasteiger partial charge >= 0.3 is 5.97 Å². The van der Waals surface area contributed by atoms with Gasteiger partial charge in [-0.25, -0.2) is 0 Å². The summed E-state index contributed by atoms with van der Waals surface area (Å²) in [5, 5.41) is 10.8. The number of hydrogen-bond acceptors (Lipinski definition) is 4. The van der Waals surface area contributed by atoms with Gasteiger partial charge in [-0.05, 0) is 25.7 Å². The molecule has 5 heteroatoms. The summed E-state index contributed by atoms with van der Waals surface area (Å²) in [5.41, 5.74) is 0. The summed E-state index contributed by atoms with van der Waals surface area (Å²) in [5.74, 6) is -1.48. The predicted molar refractivity (Wildman–Crippen MR) is 108 cm³/mol. The van der Waals surface area contributed by atoms with E-state index in [9.17, 15) is 14.7 Å². The standard InChI is InChI=1S/C22H41NO4/c1-5-6-7-8-9-10-11-12-13-14-15-16-17-22(26)27-20(18-21(24)25)19-23(2,3)4/h8-9,20H,5-7,10-19H2,1-4H3/b9-8+. The summed E-state index contributed by atoms with van der Waals surface area (Å²) in [7, 11) is 5.82. The third-order valence-electron chi connectivity index (χ3n) is 4.34. The lowest BCUT2D eigenvalue weighted by Crippen LogP contribution is -2.45. The zero-order chi connectivity index (χ0) is 20.5. The Morgan fingerprint density at radius 1 is 0.926 bits per heavy atom. The van der Waals surface area contributed by atoms with E-state index in [1.807, 2.05) is 21.1 Å². The van der Waals surface area contributed by atoms with Crippen LogP contribution in [0.1, 0.15) is 84.0 Å². The fraction of sp³-hybridized carbons (Fsp3) is 0.818. The van der Waals surface area contributed by atoms with Crippen LogP contribution in [-0.4, -0.2) is 50.2 Å². The number of nitrogens with zero attached hydrogens (tertiary/aromatic N) is 1. The molecule has 0 aliphatic rings. The molecule has 0 aromatic heterocycles. The summed E-state index contributed by atoms with van der Waals surface area (Å²) in [6.45, 7) is 2.68. The van der Waals surface area contributed by atoms with E-state index in [0.717, 1.165) is 19.3 Å². The number of aliphatic carboxylic acids is 1. The first-order valence-corrected chi connectivity index (χ1v) is 10.6. The molecule has 0 bridgehead atoms. The second kappa shape index (κ2) is 15.7. The smallest absolute Gasteiger partial charge is 0.306 e. The normalized spacial score (nSPS) is 13.0. The first-order chi connectivity index (χ1) is 12.7. The number of carbonyl (C=O) groups excluding carboxylic acids is 2. The number of ether oxygens (including phenoxy) is 1. The molecule has 1 atom stereocenters. The van der Waals surface area contributed by atoms with Crippen molar-refractivity contribution in [3.05, 3.63) is 12.2 Å². The van der Waals surface area contributed by atoms with Crippen molar-refractivity contribution in [1.82, 2.24) is 0 Å². The summed E-state index contributed by atoms with van der Waals surface area (Å²) in [4.78, 5) is 22.8. The van der Waals surface area contributed by atoms with E-state index in [2.05, 4.69) is 19.1 Å². The van der Waals surface area contributed by atoms with Gasteiger partial charge < -0.3 is 19.1 Å². The topological polar surface area (TPSA) is 66.4 Å². The van der Waals surface area contributed by atoms with Crippen LogP contribution in [0.5, 0.6) is 0 Å². The van der Waals surface area contributed by atoms with Gasteiger partial charge in [0.1, 0.15) is 6.54 Å². The van der Waals surface area contributed by atoms with Gasteiger partial charge in [0.15, 0.2) is 6.10 Å². The molecular formula is C22H41NO4. The number of allylic oxidation sites excluding steroid dienone is 2. The zero-order valence-electron chi connectivity index (χ0n) is 18.0. The first-order valence-electron chi connectivity index (χ1n) is 10.6. The lowest BCUT2D eigenvalue weighted by atomic mass is 10.1. The van der Waals surface area contributed by atoms with E-state index in [0.29, 0.717) is 17.4 Å². The second-order valence-electron chi connectivity index (χ2n) is 8.43. The highest BCUT2D eigenvalue weighted by atomic mass is 16.5.